The molecule has 1 heterocycles. The molecule has 0 fully saturated rings. The largest absolute Gasteiger partial charge is 0.496 e. The van der Waals surface area contributed by atoms with E-state index in [9.17, 15) is 8.78 Å². The number of nitrogens with zero attached hydrogens (tertiary/aromatic N) is 2. The van der Waals surface area contributed by atoms with Gasteiger partial charge >= 0.3 is 0 Å². The topological polar surface area (TPSA) is 53.1 Å². The van der Waals surface area contributed by atoms with Gasteiger partial charge < -0.3 is 10.5 Å². The molecule has 0 aliphatic carbocycles. The number of methoxy groups -OCH3 is 1. The highest BCUT2D eigenvalue weighted by molar-refractivity contribution is 5.79. The first-order valence-corrected chi connectivity index (χ1v) is 5.29. The number of para-hydroxylation sites is 1. The van der Waals surface area contributed by atoms with E-state index in [1.807, 2.05) is 0 Å². The molecule has 1 aromatic heterocycles. The van der Waals surface area contributed by atoms with E-state index < -0.39 is 6.43 Å². The first-order chi connectivity index (χ1) is 8.56. The Morgan fingerprint density at radius 3 is 2.56 bits per heavy atom. The van der Waals surface area contributed by atoms with Gasteiger partial charge in [-0.05, 0) is 6.07 Å². The molecule has 1 aromatic carbocycles. The lowest BCUT2D eigenvalue weighted by Crippen LogP contribution is -1.99. The SMILES string of the molecule is COc1c(-c2cnn(C)c2N)cccc1C(F)F. The number of benzene rings is 1. The fourth-order valence-electron chi connectivity index (χ4n) is 1.82. The van der Waals surface area contributed by atoms with E-state index in [0.29, 0.717) is 16.9 Å². The Labute approximate surface area is 103 Å². The highest BCUT2D eigenvalue weighted by Crippen LogP contribution is 2.39. The number of hydrogen-bond donors (Lipinski definition) is 1. The quantitative estimate of drug-likeness (QED) is 0.914. The molecule has 0 unspecified atom stereocenters. The standard InChI is InChI=1S/C12H13F2N3O/c1-17-12(15)9(6-16-17)7-4-3-5-8(11(13)14)10(7)18-2/h3-6,11H,15H2,1-2H3. The molecule has 4 nitrogen and oxygen atoms in total. The molecular formula is C12H13F2N3O. The van der Waals surface area contributed by atoms with Crippen molar-refractivity contribution in [1.82, 2.24) is 9.78 Å². The Bertz CT molecular complexity index is 566. The summed E-state index contributed by atoms with van der Waals surface area (Å²) in [5.41, 5.74) is 6.78. The van der Waals surface area contributed by atoms with E-state index in [1.54, 1.807) is 19.2 Å². The van der Waals surface area contributed by atoms with E-state index in [-0.39, 0.29) is 11.3 Å². The fourth-order valence-corrected chi connectivity index (χ4v) is 1.82. The zero-order valence-electron chi connectivity index (χ0n) is 10.0. The number of hydrogen-bond acceptors (Lipinski definition) is 3. The molecule has 2 rings (SSSR count). The van der Waals surface area contributed by atoms with Gasteiger partial charge in [0.05, 0.1) is 18.9 Å². The second-order valence-corrected chi connectivity index (χ2v) is 3.80. The number of halogens is 2. The third-order valence-electron chi connectivity index (χ3n) is 2.76. The van der Waals surface area contributed by atoms with Crippen LogP contribution in [-0.2, 0) is 7.05 Å². The van der Waals surface area contributed by atoms with Crippen LogP contribution < -0.4 is 10.5 Å². The average Bonchev–Trinajstić information content (AvgIpc) is 2.69. The predicted molar refractivity (Wildman–Crippen MR) is 64.6 cm³/mol. The van der Waals surface area contributed by atoms with Crippen molar-refractivity contribution in [1.29, 1.82) is 0 Å². The Morgan fingerprint density at radius 1 is 1.33 bits per heavy atom. The zero-order chi connectivity index (χ0) is 13.3. The number of nitrogen functional groups attached to an aromatic ring is 1. The molecule has 0 aliphatic heterocycles. The second-order valence-electron chi connectivity index (χ2n) is 3.80. The molecule has 6 heteroatoms. The Hall–Kier alpha value is -2.11. The third-order valence-corrected chi connectivity index (χ3v) is 2.76. The van der Waals surface area contributed by atoms with Crippen molar-refractivity contribution >= 4 is 5.82 Å². The minimum Gasteiger partial charge on any atom is -0.496 e. The summed E-state index contributed by atoms with van der Waals surface area (Å²) in [6.07, 6.45) is -1.07. The van der Waals surface area contributed by atoms with Gasteiger partial charge in [-0.3, -0.25) is 4.68 Å². The number of alkyl halides is 2. The van der Waals surface area contributed by atoms with Gasteiger partial charge in [0.15, 0.2) is 0 Å². The lowest BCUT2D eigenvalue weighted by Gasteiger charge is -2.12. The molecular weight excluding hydrogens is 240 g/mol. The molecule has 0 saturated carbocycles. The first kappa shape index (κ1) is 12.3. The maximum atomic E-state index is 12.9. The van der Waals surface area contributed by atoms with Crippen molar-refractivity contribution in [2.24, 2.45) is 7.05 Å². The van der Waals surface area contributed by atoms with E-state index in [2.05, 4.69) is 5.10 Å². The van der Waals surface area contributed by atoms with Gasteiger partial charge in [-0.15, -0.1) is 0 Å². The third kappa shape index (κ3) is 1.90. The molecule has 0 amide bonds. The van der Waals surface area contributed by atoms with Crippen LogP contribution in [0.15, 0.2) is 24.4 Å². The molecule has 0 saturated heterocycles. The van der Waals surface area contributed by atoms with Crippen molar-refractivity contribution in [2.45, 2.75) is 6.43 Å². The Kier molecular flexibility index (Phi) is 3.18. The van der Waals surface area contributed by atoms with Crippen LogP contribution >= 0.6 is 0 Å². The van der Waals surface area contributed by atoms with Gasteiger partial charge in [0.25, 0.3) is 6.43 Å². The van der Waals surface area contributed by atoms with Gasteiger partial charge in [0.2, 0.25) is 0 Å². The van der Waals surface area contributed by atoms with Crippen LogP contribution in [0.5, 0.6) is 5.75 Å². The van der Waals surface area contributed by atoms with Gasteiger partial charge in [-0.2, -0.15) is 5.10 Å². The molecule has 0 atom stereocenters. The molecule has 2 N–H and O–H groups in total. The first-order valence-electron chi connectivity index (χ1n) is 5.29. The van der Waals surface area contributed by atoms with Crippen LogP contribution in [0.4, 0.5) is 14.6 Å². The maximum absolute atomic E-state index is 12.9. The zero-order valence-corrected chi connectivity index (χ0v) is 10.0. The second kappa shape index (κ2) is 4.64. The lowest BCUT2D eigenvalue weighted by molar-refractivity contribution is 0.147. The predicted octanol–water partition coefficient (Wildman–Crippen LogP) is 2.62. The molecule has 0 radical (unpaired) electrons. The molecule has 0 aliphatic rings. The highest BCUT2D eigenvalue weighted by atomic mass is 19.3. The van der Waals surface area contributed by atoms with E-state index in [4.69, 9.17) is 10.5 Å². The van der Waals surface area contributed by atoms with Crippen molar-refractivity contribution in [3.63, 3.8) is 0 Å². The summed E-state index contributed by atoms with van der Waals surface area (Å²) < 4.78 is 32.3. The van der Waals surface area contributed by atoms with Gasteiger partial charge in [0.1, 0.15) is 11.6 Å². The Balaban J connectivity index is 2.64. The minimum atomic E-state index is -2.60. The number of anilines is 1. The summed E-state index contributed by atoms with van der Waals surface area (Å²) in [6.45, 7) is 0. The van der Waals surface area contributed by atoms with Gasteiger partial charge in [-0.1, -0.05) is 12.1 Å². The van der Waals surface area contributed by atoms with Crippen LogP contribution in [0, 0.1) is 0 Å². The van der Waals surface area contributed by atoms with E-state index >= 15 is 0 Å². The fraction of sp³-hybridized carbons (Fsp3) is 0.250. The summed E-state index contributed by atoms with van der Waals surface area (Å²) in [6, 6.07) is 4.56. The van der Waals surface area contributed by atoms with Crippen molar-refractivity contribution < 1.29 is 13.5 Å². The Morgan fingerprint density at radius 2 is 2.06 bits per heavy atom. The van der Waals surface area contributed by atoms with Gasteiger partial charge in [0, 0.05) is 18.2 Å². The normalized spacial score (nSPS) is 10.9. The molecule has 18 heavy (non-hydrogen) atoms. The highest BCUT2D eigenvalue weighted by Gasteiger charge is 2.20. The number of ether oxygens (including phenoxy) is 1. The summed E-state index contributed by atoms with van der Waals surface area (Å²) >= 11 is 0. The number of nitrogens with two attached hydrogens (primary N) is 1. The summed E-state index contributed by atoms with van der Waals surface area (Å²) in [5, 5.41) is 3.99. The van der Waals surface area contributed by atoms with Crippen LogP contribution in [0.25, 0.3) is 11.1 Å². The van der Waals surface area contributed by atoms with Crippen molar-refractivity contribution in [2.75, 3.05) is 12.8 Å². The lowest BCUT2D eigenvalue weighted by atomic mass is 10.0. The molecule has 0 spiro atoms. The van der Waals surface area contributed by atoms with Gasteiger partial charge in [-0.25, -0.2) is 8.78 Å². The van der Waals surface area contributed by atoms with E-state index in [1.165, 1.54) is 24.1 Å². The summed E-state index contributed by atoms with van der Waals surface area (Å²) in [4.78, 5) is 0. The maximum Gasteiger partial charge on any atom is 0.267 e. The monoisotopic (exact) mass is 253 g/mol. The summed E-state index contributed by atoms with van der Waals surface area (Å²) in [7, 11) is 3.04. The number of aryl methyl sites for hydroxylation is 1. The number of aromatic nitrogens is 2. The van der Waals surface area contributed by atoms with Crippen LogP contribution in [0.2, 0.25) is 0 Å². The van der Waals surface area contributed by atoms with Crippen molar-refractivity contribution in [3.8, 4) is 16.9 Å². The average molecular weight is 253 g/mol. The number of rotatable bonds is 3. The molecule has 2 aromatic rings. The molecule has 0 bridgehead atoms. The summed E-state index contributed by atoms with van der Waals surface area (Å²) in [5.74, 6) is 0.534. The van der Waals surface area contributed by atoms with Crippen LogP contribution in [-0.4, -0.2) is 16.9 Å². The van der Waals surface area contributed by atoms with Crippen LogP contribution in [0.3, 0.4) is 0 Å². The smallest absolute Gasteiger partial charge is 0.267 e. The van der Waals surface area contributed by atoms with E-state index in [0.717, 1.165) is 0 Å². The van der Waals surface area contributed by atoms with Crippen molar-refractivity contribution in [3.05, 3.63) is 30.0 Å². The molecule has 96 valence electrons. The minimum absolute atomic E-state index is 0.132. The van der Waals surface area contributed by atoms with Crippen LogP contribution in [0.1, 0.15) is 12.0 Å².